The van der Waals surface area contributed by atoms with Gasteiger partial charge < -0.3 is 15.4 Å². The van der Waals surface area contributed by atoms with Gasteiger partial charge in [0, 0.05) is 24.6 Å². The number of fused-ring (bicyclic) bond motifs is 1. The molecule has 0 bridgehead atoms. The van der Waals surface area contributed by atoms with Gasteiger partial charge in [-0.25, -0.2) is 4.39 Å². The molecule has 0 fully saturated rings. The zero-order chi connectivity index (χ0) is 16.3. The van der Waals surface area contributed by atoms with E-state index in [0.717, 1.165) is 0 Å². The number of H-pyrrole nitrogens is 1. The van der Waals surface area contributed by atoms with Gasteiger partial charge in [0.1, 0.15) is 5.82 Å². The van der Waals surface area contributed by atoms with Gasteiger partial charge in [0.25, 0.3) is 5.91 Å². The molecular formula is C16H19FN2O3. The molecule has 118 valence electrons. The third-order valence-electron chi connectivity index (χ3n) is 3.57. The summed E-state index contributed by atoms with van der Waals surface area (Å²) in [7, 11) is 0. The van der Waals surface area contributed by atoms with Crippen LogP contribution in [0.4, 0.5) is 4.39 Å². The van der Waals surface area contributed by atoms with E-state index in [0.29, 0.717) is 18.4 Å². The Bertz CT molecular complexity index is 753. The number of aliphatic hydroxyl groups is 1. The van der Waals surface area contributed by atoms with E-state index in [1.54, 1.807) is 0 Å². The van der Waals surface area contributed by atoms with Crippen molar-refractivity contribution in [2.45, 2.75) is 20.3 Å². The Morgan fingerprint density at radius 1 is 1.36 bits per heavy atom. The van der Waals surface area contributed by atoms with Gasteiger partial charge in [-0.2, -0.15) is 0 Å². The van der Waals surface area contributed by atoms with Crippen molar-refractivity contribution >= 4 is 16.8 Å². The van der Waals surface area contributed by atoms with E-state index in [1.807, 2.05) is 13.8 Å². The topological polar surface area (TPSA) is 82.2 Å². The number of hydrogen-bond donors (Lipinski definition) is 3. The van der Waals surface area contributed by atoms with Gasteiger partial charge in [0.2, 0.25) is 5.56 Å². The summed E-state index contributed by atoms with van der Waals surface area (Å²) in [6.07, 6.45) is 0.550. The molecule has 0 unspecified atom stereocenters. The minimum absolute atomic E-state index is 0.0378. The molecule has 0 spiro atoms. The highest BCUT2D eigenvalue weighted by Crippen LogP contribution is 2.19. The summed E-state index contributed by atoms with van der Waals surface area (Å²) in [5.74, 6) is -0.876. The Hall–Kier alpha value is -2.21. The zero-order valence-electron chi connectivity index (χ0n) is 12.6. The fourth-order valence-corrected chi connectivity index (χ4v) is 2.23. The quantitative estimate of drug-likeness (QED) is 0.788. The van der Waals surface area contributed by atoms with Gasteiger partial charge in [-0.15, -0.1) is 0 Å². The number of amides is 1. The second-order valence-corrected chi connectivity index (χ2v) is 6.06. The van der Waals surface area contributed by atoms with E-state index in [4.69, 9.17) is 5.11 Å². The average molecular weight is 306 g/mol. The molecule has 22 heavy (non-hydrogen) atoms. The minimum atomic E-state index is -0.482. The standard InChI is InChI=1S/C16H19FN2O3/c1-16(2,5-6-20)9-18-15(22)12-8-14(21)19-13-7-10(17)3-4-11(12)13/h3-4,7-8,20H,5-6,9H2,1-2H3,(H,18,22)(H,19,21). The summed E-state index contributed by atoms with van der Waals surface area (Å²) in [6.45, 7) is 4.25. The Balaban J connectivity index is 2.30. The molecule has 5 nitrogen and oxygen atoms in total. The molecule has 0 saturated heterocycles. The lowest BCUT2D eigenvalue weighted by Gasteiger charge is -2.23. The molecular weight excluding hydrogens is 287 g/mol. The molecule has 0 aliphatic heterocycles. The summed E-state index contributed by atoms with van der Waals surface area (Å²) in [6, 6.07) is 5.10. The van der Waals surface area contributed by atoms with Crippen LogP contribution in [0.1, 0.15) is 30.6 Å². The molecule has 0 radical (unpaired) electrons. The van der Waals surface area contributed by atoms with Crippen LogP contribution in [0.5, 0.6) is 0 Å². The summed E-state index contributed by atoms with van der Waals surface area (Å²) < 4.78 is 13.2. The van der Waals surface area contributed by atoms with E-state index in [-0.39, 0.29) is 23.1 Å². The molecule has 0 saturated carbocycles. The highest BCUT2D eigenvalue weighted by Gasteiger charge is 2.19. The highest BCUT2D eigenvalue weighted by molar-refractivity contribution is 6.05. The van der Waals surface area contributed by atoms with E-state index in [9.17, 15) is 14.0 Å². The lowest BCUT2D eigenvalue weighted by atomic mass is 9.89. The first-order chi connectivity index (χ1) is 10.3. The highest BCUT2D eigenvalue weighted by atomic mass is 19.1. The molecule has 2 aromatic rings. The number of carbonyl (C=O) groups is 1. The third kappa shape index (κ3) is 3.71. The molecule has 1 aromatic heterocycles. The number of nitrogens with one attached hydrogen (secondary N) is 2. The molecule has 1 heterocycles. The predicted octanol–water partition coefficient (Wildman–Crippen LogP) is 1.81. The van der Waals surface area contributed by atoms with Crippen molar-refractivity contribution in [3.05, 3.63) is 46.0 Å². The Kier molecular flexibility index (Phi) is 4.61. The maximum atomic E-state index is 13.2. The van der Waals surface area contributed by atoms with Crippen LogP contribution in [0.25, 0.3) is 10.9 Å². The molecule has 3 N–H and O–H groups in total. The second-order valence-electron chi connectivity index (χ2n) is 6.06. The van der Waals surface area contributed by atoms with Crippen LogP contribution in [0.3, 0.4) is 0 Å². The first kappa shape index (κ1) is 16.2. The third-order valence-corrected chi connectivity index (χ3v) is 3.57. The van der Waals surface area contributed by atoms with Gasteiger partial charge >= 0.3 is 0 Å². The number of rotatable bonds is 5. The van der Waals surface area contributed by atoms with Crippen molar-refractivity contribution in [3.8, 4) is 0 Å². The number of aliphatic hydroxyl groups excluding tert-OH is 1. The van der Waals surface area contributed by atoms with E-state index in [2.05, 4.69) is 10.3 Å². The maximum absolute atomic E-state index is 13.2. The SMILES string of the molecule is CC(C)(CCO)CNC(=O)c1cc(=O)[nH]c2cc(F)ccc12. The van der Waals surface area contributed by atoms with Crippen LogP contribution in [0.15, 0.2) is 29.1 Å². The number of aromatic nitrogens is 1. The first-order valence-corrected chi connectivity index (χ1v) is 7.04. The number of benzene rings is 1. The van der Waals surface area contributed by atoms with Gasteiger partial charge in [0.15, 0.2) is 0 Å². The van der Waals surface area contributed by atoms with Crippen LogP contribution >= 0.6 is 0 Å². The lowest BCUT2D eigenvalue weighted by molar-refractivity contribution is 0.0929. The van der Waals surface area contributed by atoms with Crippen LogP contribution in [-0.4, -0.2) is 29.1 Å². The Morgan fingerprint density at radius 3 is 2.77 bits per heavy atom. The molecule has 1 amide bonds. The monoisotopic (exact) mass is 306 g/mol. The lowest BCUT2D eigenvalue weighted by Crippen LogP contribution is -2.35. The maximum Gasteiger partial charge on any atom is 0.252 e. The normalized spacial score (nSPS) is 11.6. The van der Waals surface area contributed by atoms with Crippen LogP contribution in [0.2, 0.25) is 0 Å². The molecule has 6 heteroatoms. The summed E-state index contributed by atoms with van der Waals surface area (Å²) in [4.78, 5) is 26.5. The van der Waals surface area contributed by atoms with Crippen molar-refractivity contribution < 1.29 is 14.3 Å². The van der Waals surface area contributed by atoms with Gasteiger partial charge in [-0.3, -0.25) is 9.59 Å². The summed E-state index contributed by atoms with van der Waals surface area (Å²) in [5.41, 5.74) is -0.225. The van der Waals surface area contributed by atoms with Crippen LogP contribution in [-0.2, 0) is 0 Å². The van der Waals surface area contributed by atoms with Crippen molar-refractivity contribution in [2.75, 3.05) is 13.2 Å². The van der Waals surface area contributed by atoms with Gasteiger partial charge in [-0.05, 0) is 30.0 Å². The fourth-order valence-electron chi connectivity index (χ4n) is 2.23. The predicted molar refractivity (Wildman–Crippen MR) is 82.3 cm³/mol. The largest absolute Gasteiger partial charge is 0.396 e. The van der Waals surface area contributed by atoms with Gasteiger partial charge in [-0.1, -0.05) is 13.8 Å². The number of aromatic amines is 1. The van der Waals surface area contributed by atoms with Crippen LogP contribution in [0, 0.1) is 11.2 Å². The number of hydrogen-bond acceptors (Lipinski definition) is 3. The summed E-state index contributed by atoms with van der Waals surface area (Å²) in [5, 5.41) is 12.2. The molecule has 2 rings (SSSR count). The van der Waals surface area contributed by atoms with Crippen molar-refractivity contribution in [1.82, 2.24) is 10.3 Å². The van der Waals surface area contributed by atoms with Crippen molar-refractivity contribution in [1.29, 1.82) is 0 Å². The number of carbonyl (C=O) groups excluding carboxylic acids is 1. The van der Waals surface area contributed by atoms with E-state index in [1.165, 1.54) is 24.3 Å². The average Bonchev–Trinajstić information content (AvgIpc) is 2.43. The molecule has 0 aliphatic carbocycles. The molecule has 0 aliphatic rings. The van der Waals surface area contributed by atoms with Gasteiger partial charge in [0.05, 0.1) is 11.1 Å². The fraction of sp³-hybridized carbons (Fsp3) is 0.375. The number of pyridine rings is 1. The Labute approximate surface area is 127 Å². The molecule has 1 aromatic carbocycles. The van der Waals surface area contributed by atoms with E-state index >= 15 is 0 Å². The van der Waals surface area contributed by atoms with E-state index < -0.39 is 17.3 Å². The Morgan fingerprint density at radius 2 is 2.09 bits per heavy atom. The zero-order valence-corrected chi connectivity index (χ0v) is 12.6. The van der Waals surface area contributed by atoms with Crippen molar-refractivity contribution in [2.24, 2.45) is 5.41 Å². The second kappa shape index (κ2) is 6.27. The smallest absolute Gasteiger partial charge is 0.252 e. The van der Waals surface area contributed by atoms with Crippen LogP contribution < -0.4 is 10.9 Å². The number of halogens is 1. The minimum Gasteiger partial charge on any atom is -0.396 e. The summed E-state index contributed by atoms with van der Waals surface area (Å²) >= 11 is 0. The van der Waals surface area contributed by atoms with Crippen molar-refractivity contribution in [3.63, 3.8) is 0 Å². The molecule has 0 atom stereocenters. The first-order valence-electron chi connectivity index (χ1n) is 7.04.